The van der Waals surface area contributed by atoms with Crippen LogP contribution in [0.25, 0.3) is 0 Å². The first kappa shape index (κ1) is 15.7. The minimum Gasteiger partial charge on any atom is -0.478 e. The molecule has 108 valence electrons. The van der Waals surface area contributed by atoms with Crippen molar-refractivity contribution in [2.24, 2.45) is 0 Å². The van der Waals surface area contributed by atoms with Gasteiger partial charge in [0.05, 0.1) is 12.0 Å². The highest BCUT2D eigenvalue weighted by Crippen LogP contribution is 2.29. The molecule has 0 amide bonds. The minimum atomic E-state index is -4.42. The summed E-state index contributed by atoms with van der Waals surface area (Å²) in [6.07, 6.45) is -4.90. The number of rotatable bonds is 5. The molecule has 1 aromatic carbocycles. The first-order valence-electron chi connectivity index (χ1n) is 5.43. The third-order valence-corrected chi connectivity index (χ3v) is 2.34. The van der Waals surface area contributed by atoms with Crippen LogP contribution in [-0.4, -0.2) is 17.0 Å². The molecule has 0 spiro atoms. The Balaban J connectivity index is 2.52. The number of ether oxygens (including phenoxy) is 1. The summed E-state index contributed by atoms with van der Waals surface area (Å²) in [6.45, 7) is 2.93. The van der Waals surface area contributed by atoms with E-state index in [4.69, 9.17) is 9.84 Å². The summed E-state index contributed by atoms with van der Waals surface area (Å²) in [5.74, 6) is -2.12. The summed E-state index contributed by atoms with van der Waals surface area (Å²) < 4.78 is 41.6. The van der Waals surface area contributed by atoms with Crippen LogP contribution in [0.2, 0.25) is 0 Å². The molecule has 0 aliphatic carbocycles. The zero-order valence-electron chi connectivity index (χ0n) is 10.2. The van der Waals surface area contributed by atoms with Gasteiger partial charge in [0.1, 0.15) is 6.61 Å². The van der Waals surface area contributed by atoms with E-state index in [0.29, 0.717) is 5.56 Å². The number of aliphatic carboxylic acids is 1. The largest absolute Gasteiger partial charge is 0.478 e. The van der Waals surface area contributed by atoms with E-state index in [9.17, 15) is 22.8 Å². The van der Waals surface area contributed by atoms with Crippen molar-refractivity contribution < 1.29 is 32.6 Å². The molecule has 1 aromatic rings. The standard InChI is InChI=1S/C13H11F3O4/c1-8(12(18)19)6-11(17)20-7-9-2-4-10(5-3-9)13(14,15)16/h2-5H,1,6-7H2,(H,18,19). The van der Waals surface area contributed by atoms with Gasteiger partial charge in [0.2, 0.25) is 0 Å². The zero-order valence-corrected chi connectivity index (χ0v) is 10.2. The van der Waals surface area contributed by atoms with Crippen molar-refractivity contribution in [1.29, 1.82) is 0 Å². The Morgan fingerprint density at radius 1 is 1.20 bits per heavy atom. The number of hydrogen-bond acceptors (Lipinski definition) is 3. The van der Waals surface area contributed by atoms with Crippen molar-refractivity contribution in [1.82, 2.24) is 0 Å². The van der Waals surface area contributed by atoms with Crippen molar-refractivity contribution in [2.75, 3.05) is 0 Å². The van der Waals surface area contributed by atoms with E-state index in [-0.39, 0.29) is 12.2 Å². The SMILES string of the molecule is C=C(CC(=O)OCc1ccc(C(F)(F)F)cc1)C(=O)O. The lowest BCUT2D eigenvalue weighted by atomic mass is 10.1. The molecule has 20 heavy (non-hydrogen) atoms. The van der Waals surface area contributed by atoms with Crippen molar-refractivity contribution >= 4 is 11.9 Å². The topological polar surface area (TPSA) is 63.6 Å². The van der Waals surface area contributed by atoms with Crippen molar-refractivity contribution in [2.45, 2.75) is 19.2 Å². The number of benzene rings is 1. The van der Waals surface area contributed by atoms with E-state index in [1.165, 1.54) is 12.1 Å². The van der Waals surface area contributed by atoms with E-state index < -0.39 is 30.1 Å². The van der Waals surface area contributed by atoms with Gasteiger partial charge in [0.25, 0.3) is 0 Å². The third-order valence-electron chi connectivity index (χ3n) is 2.34. The van der Waals surface area contributed by atoms with Gasteiger partial charge in [-0.05, 0) is 17.7 Å². The summed E-state index contributed by atoms with van der Waals surface area (Å²) in [5, 5.41) is 8.51. The lowest BCUT2D eigenvalue weighted by Crippen LogP contribution is -2.10. The average Bonchev–Trinajstić information content (AvgIpc) is 2.35. The van der Waals surface area contributed by atoms with Crippen LogP contribution in [0.5, 0.6) is 0 Å². The second-order valence-corrected chi connectivity index (χ2v) is 3.94. The smallest absolute Gasteiger partial charge is 0.416 e. The second-order valence-electron chi connectivity index (χ2n) is 3.94. The highest BCUT2D eigenvalue weighted by atomic mass is 19.4. The Morgan fingerprint density at radius 3 is 2.20 bits per heavy atom. The molecule has 0 unspecified atom stereocenters. The highest BCUT2D eigenvalue weighted by Gasteiger charge is 2.29. The van der Waals surface area contributed by atoms with Gasteiger partial charge < -0.3 is 9.84 Å². The predicted molar refractivity (Wildman–Crippen MR) is 62.6 cm³/mol. The molecule has 7 heteroatoms. The summed E-state index contributed by atoms with van der Waals surface area (Å²) in [5.41, 5.74) is -0.749. The van der Waals surface area contributed by atoms with Crippen molar-refractivity contribution in [3.63, 3.8) is 0 Å². The van der Waals surface area contributed by atoms with E-state index >= 15 is 0 Å². The fourth-order valence-electron chi connectivity index (χ4n) is 1.25. The maximum absolute atomic E-state index is 12.3. The molecule has 0 radical (unpaired) electrons. The Hall–Kier alpha value is -2.31. The van der Waals surface area contributed by atoms with Crippen molar-refractivity contribution in [3.05, 3.63) is 47.5 Å². The molecule has 1 rings (SSSR count). The number of carbonyl (C=O) groups excluding carboxylic acids is 1. The van der Waals surface area contributed by atoms with Gasteiger partial charge in [-0.3, -0.25) is 4.79 Å². The number of carboxylic acids is 1. The Morgan fingerprint density at radius 2 is 1.75 bits per heavy atom. The molecular formula is C13H11F3O4. The quantitative estimate of drug-likeness (QED) is 0.668. The summed E-state index contributed by atoms with van der Waals surface area (Å²) >= 11 is 0. The normalized spacial score (nSPS) is 10.9. The van der Waals surface area contributed by atoms with Crippen LogP contribution in [-0.2, 0) is 27.1 Å². The maximum Gasteiger partial charge on any atom is 0.416 e. The lowest BCUT2D eigenvalue weighted by Gasteiger charge is -2.08. The van der Waals surface area contributed by atoms with Gasteiger partial charge in [-0.15, -0.1) is 0 Å². The van der Waals surface area contributed by atoms with Crippen LogP contribution in [0, 0.1) is 0 Å². The summed E-state index contributed by atoms with van der Waals surface area (Å²) in [6, 6.07) is 4.11. The van der Waals surface area contributed by atoms with Crippen LogP contribution in [0.15, 0.2) is 36.4 Å². The van der Waals surface area contributed by atoms with Gasteiger partial charge in [0.15, 0.2) is 0 Å². The van der Waals surface area contributed by atoms with E-state index in [0.717, 1.165) is 12.1 Å². The zero-order chi connectivity index (χ0) is 15.3. The Kier molecular flexibility index (Phi) is 4.90. The maximum atomic E-state index is 12.3. The van der Waals surface area contributed by atoms with Gasteiger partial charge in [0, 0.05) is 5.57 Å². The predicted octanol–water partition coefficient (Wildman–Crippen LogP) is 2.78. The minimum absolute atomic E-state index is 0.232. The molecule has 0 heterocycles. The second kappa shape index (κ2) is 6.23. The van der Waals surface area contributed by atoms with Gasteiger partial charge in [-0.2, -0.15) is 13.2 Å². The van der Waals surface area contributed by atoms with Gasteiger partial charge in [-0.25, -0.2) is 4.79 Å². The third kappa shape index (κ3) is 4.75. The first-order valence-corrected chi connectivity index (χ1v) is 5.43. The Bertz CT molecular complexity index is 517. The van der Waals surface area contributed by atoms with E-state index in [1.54, 1.807) is 0 Å². The lowest BCUT2D eigenvalue weighted by molar-refractivity contribution is -0.146. The molecule has 0 saturated carbocycles. The van der Waals surface area contributed by atoms with E-state index in [1.807, 2.05) is 0 Å². The fraction of sp³-hybridized carbons (Fsp3) is 0.231. The van der Waals surface area contributed by atoms with Crippen LogP contribution >= 0.6 is 0 Å². The highest BCUT2D eigenvalue weighted by molar-refractivity contribution is 5.91. The van der Waals surface area contributed by atoms with E-state index in [2.05, 4.69) is 6.58 Å². The molecular weight excluding hydrogens is 277 g/mol. The molecule has 4 nitrogen and oxygen atoms in total. The molecule has 1 N–H and O–H groups in total. The first-order chi connectivity index (χ1) is 9.20. The van der Waals surface area contributed by atoms with Gasteiger partial charge >= 0.3 is 18.1 Å². The summed E-state index contributed by atoms with van der Waals surface area (Å²) in [7, 11) is 0. The van der Waals surface area contributed by atoms with Gasteiger partial charge in [-0.1, -0.05) is 18.7 Å². The van der Waals surface area contributed by atoms with Crippen LogP contribution in [0.4, 0.5) is 13.2 Å². The molecule has 0 aliphatic heterocycles. The Labute approximate surface area is 112 Å². The van der Waals surface area contributed by atoms with Crippen molar-refractivity contribution in [3.8, 4) is 0 Å². The molecule has 0 saturated heterocycles. The average molecular weight is 288 g/mol. The van der Waals surface area contributed by atoms with Crippen LogP contribution in [0.3, 0.4) is 0 Å². The monoisotopic (exact) mass is 288 g/mol. The molecule has 0 aromatic heterocycles. The number of hydrogen-bond donors (Lipinski definition) is 1. The molecule has 0 fully saturated rings. The number of carboxylic acid groups (broad SMARTS) is 1. The fourth-order valence-corrected chi connectivity index (χ4v) is 1.25. The number of carbonyl (C=O) groups is 2. The molecule has 0 atom stereocenters. The van der Waals surface area contributed by atoms with Crippen LogP contribution < -0.4 is 0 Å². The number of alkyl halides is 3. The molecule has 0 aliphatic rings. The number of esters is 1. The number of halogens is 3. The molecule has 0 bridgehead atoms. The van der Waals surface area contributed by atoms with Crippen LogP contribution in [0.1, 0.15) is 17.5 Å². The summed E-state index contributed by atoms with van der Waals surface area (Å²) in [4.78, 5) is 21.7.